The molecule has 0 bridgehead atoms. The molecule has 6 heteroatoms. The number of hydrogen-bond acceptors (Lipinski definition) is 4. The van der Waals surface area contributed by atoms with Crippen LogP contribution in [0.4, 0.5) is 0 Å². The van der Waals surface area contributed by atoms with Crippen LogP contribution < -0.4 is 16.6 Å². The SMILES string of the molecule is CC(C)N(C)CCCNCc1cc(=O)n(C)c(=O)n1C. The Kier molecular flexibility index (Phi) is 6.16. The Morgan fingerprint density at radius 1 is 1.25 bits per heavy atom. The molecular weight excluding hydrogens is 256 g/mol. The van der Waals surface area contributed by atoms with E-state index in [-0.39, 0.29) is 11.2 Å². The summed E-state index contributed by atoms with van der Waals surface area (Å²) in [5.41, 5.74) is 0.175. The third-order valence-electron chi connectivity index (χ3n) is 3.68. The Hall–Kier alpha value is -1.40. The second-order valence-electron chi connectivity index (χ2n) is 5.48. The lowest BCUT2D eigenvalue weighted by Gasteiger charge is -2.20. The van der Waals surface area contributed by atoms with E-state index in [2.05, 4.69) is 31.1 Å². The van der Waals surface area contributed by atoms with Crippen LogP contribution in [0, 0.1) is 0 Å². The standard InChI is InChI=1S/C14H26N4O2/c1-11(2)16(3)8-6-7-15-10-12-9-13(19)18(5)14(20)17(12)4/h9,11,15H,6-8,10H2,1-5H3. The van der Waals surface area contributed by atoms with E-state index in [1.165, 1.54) is 17.7 Å². The van der Waals surface area contributed by atoms with Crippen molar-refractivity contribution in [3.63, 3.8) is 0 Å². The molecule has 0 saturated carbocycles. The fraction of sp³-hybridized carbons (Fsp3) is 0.714. The smallest absolute Gasteiger partial charge is 0.311 e. The van der Waals surface area contributed by atoms with Crippen LogP contribution >= 0.6 is 0 Å². The van der Waals surface area contributed by atoms with Gasteiger partial charge in [-0.3, -0.25) is 13.9 Å². The van der Waals surface area contributed by atoms with E-state index in [0.717, 1.165) is 29.8 Å². The molecule has 0 aliphatic carbocycles. The van der Waals surface area contributed by atoms with Crippen LogP contribution in [-0.4, -0.2) is 40.2 Å². The summed E-state index contributed by atoms with van der Waals surface area (Å²) in [5.74, 6) is 0. The zero-order valence-electron chi connectivity index (χ0n) is 13.1. The van der Waals surface area contributed by atoms with E-state index in [0.29, 0.717) is 12.6 Å². The first kappa shape index (κ1) is 16.7. The van der Waals surface area contributed by atoms with Crippen molar-refractivity contribution >= 4 is 0 Å². The molecule has 114 valence electrons. The minimum absolute atomic E-state index is 0.260. The van der Waals surface area contributed by atoms with Gasteiger partial charge in [-0.1, -0.05) is 0 Å². The fourth-order valence-electron chi connectivity index (χ4n) is 1.88. The van der Waals surface area contributed by atoms with Crippen LogP contribution in [0.2, 0.25) is 0 Å². The van der Waals surface area contributed by atoms with Crippen molar-refractivity contribution in [1.82, 2.24) is 19.4 Å². The van der Waals surface area contributed by atoms with E-state index in [9.17, 15) is 9.59 Å². The van der Waals surface area contributed by atoms with Gasteiger partial charge in [-0.05, 0) is 40.4 Å². The normalized spacial score (nSPS) is 11.6. The van der Waals surface area contributed by atoms with Crippen molar-refractivity contribution in [1.29, 1.82) is 0 Å². The molecule has 0 aliphatic rings. The van der Waals surface area contributed by atoms with Gasteiger partial charge in [0.25, 0.3) is 5.56 Å². The van der Waals surface area contributed by atoms with Gasteiger partial charge in [0.15, 0.2) is 0 Å². The van der Waals surface area contributed by atoms with Crippen molar-refractivity contribution in [3.05, 3.63) is 32.6 Å². The Morgan fingerprint density at radius 3 is 2.50 bits per heavy atom. The van der Waals surface area contributed by atoms with Crippen LogP contribution in [0.1, 0.15) is 26.0 Å². The first-order chi connectivity index (χ1) is 9.34. The lowest BCUT2D eigenvalue weighted by molar-refractivity contribution is 0.269. The quantitative estimate of drug-likeness (QED) is 0.710. The number of rotatable bonds is 7. The number of nitrogens with zero attached hydrogens (tertiary/aromatic N) is 3. The third-order valence-corrected chi connectivity index (χ3v) is 3.68. The van der Waals surface area contributed by atoms with Gasteiger partial charge < -0.3 is 10.2 Å². The maximum Gasteiger partial charge on any atom is 0.330 e. The van der Waals surface area contributed by atoms with E-state index in [4.69, 9.17) is 0 Å². The van der Waals surface area contributed by atoms with E-state index in [1.807, 2.05) is 0 Å². The van der Waals surface area contributed by atoms with Gasteiger partial charge in [0.2, 0.25) is 0 Å². The van der Waals surface area contributed by atoms with Gasteiger partial charge in [-0.2, -0.15) is 0 Å². The zero-order chi connectivity index (χ0) is 15.3. The van der Waals surface area contributed by atoms with Gasteiger partial charge in [-0.25, -0.2) is 4.79 Å². The molecule has 0 spiro atoms. The third kappa shape index (κ3) is 4.31. The minimum Gasteiger partial charge on any atom is -0.311 e. The molecule has 0 atom stereocenters. The summed E-state index contributed by atoms with van der Waals surface area (Å²) in [6.45, 7) is 6.76. The molecule has 0 aliphatic heterocycles. The highest BCUT2D eigenvalue weighted by molar-refractivity contribution is 5.01. The van der Waals surface area contributed by atoms with E-state index < -0.39 is 0 Å². The molecule has 1 N–H and O–H groups in total. The highest BCUT2D eigenvalue weighted by Gasteiger charge is 2.05. The summed E-state index contributed by atoms with van der Waals surface area (Å²) in [7, 11) is 5.28. The molecule has 0 fully saturated rings. The molecule has 6 nitrogen and oxygen atoms in total. The Morgan fingerprint density at radius 2 is 1.90 bits per heavy atom. The monoisotopic (exact) mass is 282 g/mol. The summed E-state index contributed by atoms with van der Waals surface area (Å²) in [6.07, 6.45) is 1.04. The first-order valence-electron chi connectivity index (χ1n) is 7.01. The van der Waals surface area contributed by atoms with Crippen molar-refractivity contribution in [3.8, 4) is 0 Å². The summed E-state index contributed by atoms with van der Waals surface area (Å²) in [4.78, 5) is 25.6. The molecule has 0 aromatic carbocycles. The zero-order valence-corrected chi connectivity index (χ0v) is 13.1. The van der Waals surface area contributed by atoms with Crippen molar-refractivity contribution in [2.75, 3.05) is 20.1 Å². The summed E-state index contributed by atoms with van der Waals surface area (Å²) in [5, 5.41) is 3.28. The fourth-order valence-corrected chi connectivity index (χ4v) is 1.88. The molecule has 1 heterocycles. The molecule has 1 aromatic heterocycles. The van der Waals surface area contributed by atoms with Gasteiger partial charge in [-0.15, -0.1) is 0 Å². The number of aromatic nitrogens is 2. The van der Waals surface area contributed by atoms with Gasteiger partial charge >= 0.3 is 5.69 Å². The highest BCUT2D eigenvalue weighted by atomic mass is 16.2. The molecule has 20 heavy (non-hydrogen) atoms. The Bertz CT molecular complexity index is 545. The molecule has 0 amide bonds. The van der Waals surface area contributed by atoms with Crippen LogP contribution in [0.5, 0.6) is 0 Å². The lowest BCUT2D eigenvalue weighted by atomic mass is 10.3. The summed E-state index contributed by atoms with van der Waals surface area (Å²) >= 11 is 0. The minimum atomic E-state index is -0.283. The largest absolute Gasteiger partial charge is 0.330 e. The topological polar surface area (TPSA) is 59.3 Å². The van der Waals surface area contributed by atoms with Crippen molar-refractivity contribution in [2.45, 2.75) is 32.9 Å². The molecule has 0 radical (unpaired) electrons. The van der Waals surface area contributed by atoms with Crippen LogP contribution in [0.15, 0.2) is 15.7 Å². The average Bonchev–Trinajstić information content (AvgIpc) is 2.41. The van der Waals surface area contributed by atoms with Crippen molar-refractivity contribution < 1.29 is 0 Å². The van der Waals surface area contributed by atoms with Crippen LogP contribution in [-0.2, 0) is 20.6 Å². The first-order valence-corrected chi connectivity index (χ1v) is 7.01. The molecule has 0 saturated heterocycles. The second kappa shape index (κ2) is 7.40. The highest BCUT2D eigenvalue weighted by Crippen LogP contribution is 1.95. The Balaban J connectivity index is 2.48. The van der Waals surface area contributed by atoms with Gasteiger partial charge in [0, 0.05) is 38.4 Å². The summed E-state index contributed by atoms with van der Waals surface area (Å²) < 4.78 is 2.62. The maximum absolute atomic E-state index is 11.8. The predicted octanol–water partition coefficient (Wildman–Crippen LogP) is -0.0961. The predicted molar refractivity (Wildman–Crippen MR) is 81.0 cm³/mol. The summed E-state index contributed by atoms with van der Waals surface area (Å²) in [6, 6.07) is 2.06. The van der Waals surface area contributed by atoms with Crippen LogP contribution in [0.3, 0.4) is 0 Å². The van der Waals surface area contributed by atoms with Gasteiger partial charge in [0.05, 0.1) is 0 Å². The number of hydrogen-bond donors (Lipinski definition) is 1. The second-order valence-corrected chi connectivity index (χ2v) is 5.48. The van der Waals surface area contributed by atoms with Gasteiger partial charge in [0.1, 0.15) is 0 Å². The maximum atomic E-state index is 11.8. The van der Waals surface area contributed by atoms with Crippen LogP contribution in [0.25, 0.3) is 0 Å². The molecule has 1 aromatic rings. The average molecular weight is 282 g/mol. The molecular formula is C14H26N4O2. The van der Waals surface area contributed by atoms with E-state index >= 15 is 0 Å². The molecule has 0 unspecified atom stereocenters. The molecule has 1 rings (SSSR count). The number of nitrogens with one attached hydrogen (secondary N) is 1. The lowest BCUT2D eigenvalue weighted by Crippen LogP contribution is -2.39. The van der Waals surface area contributed by atoms with E-state index in [1.54, 1.807) is 7.05 Å². The van der Waals surface area contributed by atoms with Crippen molar-refractivity contribution in [2.24, 2.45) is 14.1 Å². The Labute approximate surface area is 120 Å².